The van der Waals surface area contributed by atoms with Gasteiger partial charge in [-0.15, -0.1) is 0 Å². The van der Waals surface area contributed by atoms with E-state index in [1.165, 1.54) is 5.56 Å². The summed E-state index contributed by atoms with van der Waals surface area (Å²) in [6, 6.07) is 9.70. The third-order valence-electron chi connectivity index (χ3n) is 6.41. The minimum absolute atomic E-state index is 0.178. The van der Waals surface area contributed by atoms with Crippen molar-refractivity contribution in [1.82, 2.24) is 25.6 Å². The third kappa shape index (κ3) is 5.14. The number of carbonyl (C=O) groups excluding carboxylic acids is 3. The quantitative estimate of drug-likeness (QED) is 0.677. The van der Waals surface area contributed by atoms with Gasteiger partial charge in [-0.2, -0.15) is 5.01 Å². The largest absolute Gasteiger partial charge is 0.344 e. The van der Waals surface area contributed by atoms with E-state index < -0.39 is 11.6 Å². The summed E-state index contributed by atoms with van der Waals surface area (Å²) in [5, 5.41) is 3.70. The van der Waals surface area contributed by atoms with Crippen LogP contribution in [0.1, 0.15) is 37.7 Å². The molecule has 0 unspecified atom stereocenters. The van der Waals surface area contributed by atoms with Crippen LogP contribution in [0.25, 0.3) is 6.08 Å². The molecule has 0 radical (unpaired) electrons. The van der Waals surface area contributed by atoms with Crippen LogP contribution >= 0.6 is 0 Å². The number of hydrazine groups is 1. The molecule has 8 heteroatoms. The molecule has 2 N–H and O–H groups in total. The van der Waals surface area contributed by atoms with Crippen molar-refractivity contribution < 1.29 is 14.4 Å². The summed E-state index contributed by atoms with van der Waals surface area (Å²) in [4.78, 5) is 41.9. The van der Waals surface area contributed by atoms with Crippen LogP contribution < -0.4 is 10.7 Å². The number of urea groups is 1. The summed E-state index contributed by atoms with van der Waals surface area (Å²) in [6.07, 6.45) is 8.48. The smallest absolute Gasteiger partial charge is 0.322 e. The van der Waals surface area contributed by atoms with E-state index in [-0.39, 0.29) is 18.4 Å². The average molecular weight is 426 g/mol. The van der Waals surface area contributed by atoms with E-state index >= 15 is 0 Å². The van der Waals surface area contributed by atoms with E-state index in [0.717, 1.165) is 57.0 Å². The summed E-state index contributed by atoms with van der Waals surface area (Å²) in [6.45, 7) is 4.35. The van der Waals surface area contributed by atoms with Gasteiger partial charge in [0.2, 0.25) is 0 Å². The lowest BCUT2D eigenvalue weighted by molar-refractivity contribution is -0.140. The summed E-state index contributed by atoms with van der Waals surface area (Å²) in [5.74, 6) is -0.644. The van der Waals surface area contributed by atoms with Gasteiger partial charge in [-0.1, -0.05) is 61.7 Å². The number of amides is 4. The fourth-order valence-electron chi connectivity index (χ4n) is 4.61. The minimum Gasteiger partial charge on any atom is -0.322 e. The lowest BCUT2D eigenvalue weighted by atomic mass is 9.82. The predicted molar refractivity (Wildman–Crippen MR) is 118 cm³/mol. The number of carbonyl (C=O) groups is 3. The maximum atomic E-state index is 12.8. The Kier molecular flexibility index (Phi) is 6.67. The van der Waals surface area contributed by atoms with Crippen LogP contribution in [0.3, 0.4) is 0 Å². The minimum atomic E-state index is -0.818. The number of hydrogen-bond acceptors (Lipinski definition) is 5. The number of benzene rings is 1. The Morgan fingerprint density at radius 3 is 2.39 bits per heavy atom. The molecule has 2 heterocycles. The van der Waals surface area contributed by atoms with Crippen molar-refractivity contribution in [3.63, 3.8) is 0 Å². The molecule has 1 saturated carbocycles. The summed E-state index contributed by atoms with van der Waals surface area (Å²) in [7, 11) is 0. The highest BCUT2D eigenvalue weighted by atomic mass is 16.2. The number of imide groups is 1. The maximum Gasteiger partial charge on any atom is 0.344 e. The van der Waals surface area contributed by atoms with Gasteiger partial charge in [-0.05, 0) is 18.4 Å². The highest BCUT2D eigenvalue weighted by molar-refractivity contribution is 6.08. The van der Waals surface area contributed by atoms with Crippen LogP contribution in [0.5, 0.6) is 0 Å². The van der Waals surface area contributed by atoms with Crippen molar-refractivity contribution in [2.75, 3.05) is 39.3 Å². The van der Waals surface area contributed by atoms with Crippen molar-refractivity contribution in [2.24, 2.45) is 0 Å². The van der Waals surface area contributed by atoms with E-state index in [0.29, 0.717) is 12.8 Å². The lowest BCUT2D eigenvalue weighted by Gasteiger charge is -2.34. The Morgan fingerprint density at radius 2 is 1.68 bits per heavy atom. The van der Waals surface area contributed by atoms with Crippen LogP contribution in [-0.2, 0) is 9.59 Å². The van der Waals surface area contributed by atoms with Gasteiger partial charge in [-0.3, -0.25) is 24.8 Å². The number of nitrogens with one attached hydrogen (secondary N) is 2. The molecule has 1 aromatic rings. The molecule has 31 heavy (non-hydrogen) atoms. The first kappa shape index (κ1) is 21.5. The molecule has 4 rings (SSSR count). The first-order valence-electron chi connectivity index (χ1n) is 11.2. The SMILES string of the molecule is O=C(CN1CCN(CC=Cc2ccccc2)CC1)NN1C(=O)NC2(CCCCC2)C1=O. The number of hydrogen-bond donors (Lipinski definition) is 2. The van der Waals surface area contributed by atoms with E-state index in [1.54, 1.807) is 0 Å². The zero-order valence-electron chi connectivity index (χ0n) is 17.9. The Morgan fingerprint density at radius 1 is 1.00 bits per heavy atom. The molecule has 1 aromatic carbocycles. The van der Waals surface area contributed by atoms with Crippen LogP contribution in [0.15, 0.2) is 36.4 Å². The van der Waals surface area contributed by atoms with Gasteiger partial charge in [0.1, 0.15) is 5.54 Å². The Bertz CT molecular complexity index is 827. The van der Waals surface area contributed by atoms with E-state index in [4.69, 9.17) is 0 Å². The van der Waals surface area contributed by atoms with Crippen LogP contribution in [0, 0.1) is 0 Å². The number of nitrogens with zero attached hydrogens (tertiary/aromatic N) is 3. The zero-order chi connectivity index (χ0) is 21.7. The van der Waals surface area contributed by atoms with Gasteiger partial charge in [0.05, 0.1) is 6.54 Å². The van der Waals surface area contributed by atoms with E-state index in [9.17, 15) is 14.4 Å². The molecular formula is C23H31N5O3. The van der Waals surface area contributed by atoms with E-state index in [1.807, 2.05) is 18.2 Å². The number of piperazine rings is 1. The molecule has 0 bridgehead atoms. The second kappa shape index (κ2) is 9.62. The van der Waals surface area contributed by atoms with Gasteiger partial charge in [-0.25, -0.2) is 4.79 Å². The molecule has 2 saturated heterocycles. The highest BCUT2D eigenvalue weighted by Gasteiger charge is 2.52. The van der Waals surface area contributed by atoms with Crippen LogP contribution in [0.2, 0.25) is 0 Å². The fourth-order valence-corrected chi connectivity index (χ4v) is 4.61. The van der Waals surface area contributed by atoms with Crippen molar-refractivity contribution in [1.29, 1.82) is 0 Å². The van der Waals surface area contributed by atoms with Crippen molar-refractivity contribution in [3.05, 3.63) is 42.0 Å². The maximum absolute atomic E-state index is 12.8. The van der Waals surface area contributed by atoms with E-state index in [2.05, 4.69) is 44.8 Å². The average Bonchev–Trinajstić information content (AvgIpc) is 3.00. The highest BCUT2D eigenvalue weighted by Crippen LogP contribution is 2.32. The second-order valence-electron chi connectivity index (χ2n) is 8.64. The zero-order valence-corrected chi connectivity index (χ0v) is 17.9. The summed E-state index contributed by atoms with van der Waals surface area (Å²) >= 11 is 0. The first-order valence-corrected chi connectivity index (χ1v) is 11.2. The molecule has 2 aliphatic heterocycles. The van der Waals surface area contributed by atoms with Crippen molar-refractivity contribution in [2.45, 2.75) is 37.6 Å². The molecule has 8 nitrogen and oxygen atoms in total. The monoisotopic (exact) mass is 425 g/mol. The molecule has 0 aromatic heterocycles. The van der Waals surface area contributed by atoms with Gasteiger partial charge in [0.25, 0.3) is 11.8 Å². The molecule has 1 spiro atoms. The van der Waals surface area contributed by atoms with Crippen molar-refractivity contribution in [3.8, 4) is 0 Å². The molecule has 1 aliphatic carbocycles. The molecule has 3 fully saturated rings. The van der Waals surface area contributed by atoms with Crippen LogP contribution in [0.4, 0.5) is 4.79 Å². The standard InChI is InChI=1S/C23H31N5O3/c29-20(25-28-21(30)23(24-22(28)31)11-5-2-6-12-23)18-27-16-14-26(15-17-27)13-7-10-19-8-3-1-4-9-19/h1,3-4,7-10H,2,5-6,11-18H2,(H,24,31)(H,25,29). The Labute approximate surface area is 183 Å². The van der Waals surface area contributed by atoms with Crippen molar-refractivity contribution >= 4 is 23.9 Å². The van der Waals surface area contributed by atoms with Crippen LogP contribution in [-0.4, -0.2) is 77.5 Å². The van der Waals surface area contributed by atoms with Gasteiger partial charge in [0, 0.05) is 32.7 Å². The lowest BCUT2D eigenvalue weighted by Crippen LogP contribution is -2.54. The summed E-state index contributed by atoms with van der Waals surface area (Å²) in [5.41, 5.74) is 2.90. The Hall–Kier alpha value is -2.71. The van der Waals surface area contributed by atoms with Gasteiger partial charge in [0.15, 0.2) is 0 Å². The van der Waals surface area contributed by atoms with Gasteiger partial charge >= 0.3 is 6.03 Å². The molecule has 4 amide bonds. The van der Waals surface area contributed by atoms with Gasteiger partial charge < -0.3 is 5.32 Å². The third-order valence-corrected chi connectivity index (χ3v) is 6.41. The molecule has 166 valence electrons. The second-order valence-corrected chi connectivity index (χ2v) is 8.64. The Balaban J connectivity index is 1.20. The fraction of sp³-hybridized carbons (Fsp3) is 0.522. The number of rotatable bonds is 6. The summed E-state index contributed by atoms with van der Waals surface area (Å²) < 4.78 is 0. The predicted octanol–water partition coefficient (Wildman–Crippen LogP) is 1.60. The molecule has 3 aliphatic rings. The molecule has 0 atom stereocenters. The molecular weight excluding hydrogens is 394 g/mol. The first-order chi connectivity index (χ1) is 15.1. The normalized spacial score (nSPS) is 22.3. The topological polar surface area (TPSA) is 85.0 Å².